The molecule has 21 heavy (non-hydrogen) atoms. The lowest BCUT2D eigenvalue weighted by atomic mass is 10.0. The normalized spacial score (nSPS) is 18.4. The average Bonchev–Trinajstić information content (AvgIpc) is 2.95. The molecule has 7 heteroatoms. The summed E-state index contributed by atoms with van der Waals surface area (Å²) in [5.74, 6) is -0.959. The summed E-state index contributed by atoms with van der Waals surface area (Å²) in [5, 5.41) is 17.3. The molecule has 1 aromatic heterocycles. The maximum Gasteiger partial charge on any atom is 0.355 e. The molecule has 1 saturated heterocycles. The molecule has 1 aromatic rings. The van der Waals surface area contributed by atoms with Crippen molar-refractivity contribution < 1.29 is 14.7 Å². The summed E-state index contributed by atoms with van der Waals surface area (Å²) in [6.07, 6.45) is 5.63. The van der Waals surface area contributed by atoms with Crippen molar-refractivity contribution in [2.45, 2.75) is 44.6 Å². The first-order valence-corrected chi connectivity index (χ1v) is 8.21. The Kier molecular flexibility index (Phi) is 6.13. The second kappa shape index (κ2) is 8.09. The maximum atomic E-state index is 11.7. The number of hydrogen-bond donors (Lipinski definition) is 3. The van der Waals surface area contributed by atoms with Crippen LogP contribution in [0, 0.1) is 0 Å². The van der Waals surface area contributed by atoms with E-state index in [1.165, 1.54) is 29.6 Å². The maximum absolute atomic E-state index is 11.7. The fourth-order valence-corrected chi connectivity index (χ4v) is 3.17. The molecule has 1 amide bonds. The highest BCUT2D eigenvalue weighted by molar-refractivity contribution is 7.09. The number of nitrogens with one attached hydrogen (secondary N) is 2. The summed E-state index contributed by atoms with van der Waals surface area (Å²) < 4.78 is 0. The van der Waals surface area contributed by atoms with Crippen molar-refractivity contribution in [3.63, 3.8) is 0 Å². The minimum Gasteiger partial charge on any atom is -0.476 e. The van der Waals surface area contributed by atoms with E-state index in [4.69, 9.17) is 5.11 Å². The van der Waals surface area contributed by atoms with Gasteiger partial charge in [0.1, 0.15) is 0 Å². The lowest BCUT2D eigenvalue weighted by Gasteiger charge is -2.23. The van der Waals surface area contributed by atoms with Gasteiger partial charge in [-0.15, -0.1) is 11.3 Å². The number of nitrogens with zero attached hydrogens (tertiary/aromatic N) is 1. The van der Waals surface area contributed by atoms with Gasteiger partial charge in [0.25, 0.3) is 0 Å². The van der Waals surface area contributed by atoms with E-state index < -0.39 is 5.97 Å². The molecule has 0 spiro atoms. The van der Waals surface area contributed by atoms with Crippen molar-refractivity contribution in [3.05, 3.63) is 16.1 Å². The molecule has 2 heterocycles. The van der Waals surface area contributed by atoms with Crippen molar-refractivity contribution in [1.29, 1.82) is 0 Å². The fraction of sp³-hybridized carbons (Fsp3) is 0.643. The highest BCUT2D eigenvalue weighted by Gasteiger charge is 2.14. The molecule has 1 aliphatic rings. The molecule has 1 atom stereocenters. The van der Waals surface area contributed by atoms with E-state index in [9.17, 15) is 9.59 Å². The number of hydrogen-bond acceptors (Lipinski definition) is 5. The van der Waals surface area contributed by atoms with Gasteiger partial charge in [-0.05, 0) is 25.8 Å². The minimum atomic E-state index is -1.01. The Labute approximate surface area is 128 Å². The molecule has 116 valence electrons. The molecular weight excluding hydrogens is 290 g/mol. The number of amides is 1. The van der Waals surface area contributed by atoms with E-state index in [0.717, 1.165) is 24.4 Å². The zero-order valence-electron chi connectivity index (χ0n) is 11.9. The number of carboxylic acids is 1. The largest absolute Gasteiger partial charge is 0.476 e. The van der Waals surface area contributed by atoms with Crippen LogP contribution in [0.15, 0.2) is 5.38 Å². The van der Waals surface area contributed by atoms with Gasteiger partial charge in [-0.25, -0.2) is 9.78 Å². The van der Waals surface area contributed by atoms with Crippen LogP contribution in [0.2, 0.25) is 0 Å². The smallest absolute Gasteiger partial charge is 0.355 e. The molecule has 0 aliphatic carbocycles. The highest BCUT2D eigenvalue weighted by Crippen LogP contribution is 2.12. The van der Waals surface area contributed by atoms with Crippen LogP contribution in [0.3, 0.4) is 0 Å². The Hall–Kier alpha value is -1.47. The van der Waals surface area contributed by atoms with Gasteiger partial charge in [-0.1, -0.05) is 6.42 Å². The van der Waals surface area contributed by atoms with Crippen LogP contribution in [-0.2, 0) is 11.2 Å². The lowest BCUT2D eigenvalue weighted by molar-refractivity contribution is -0.121. The molecular formula is C14H21N3O3S. The molecule has 0 bridgehead atoms. The van der Waals surface area contributed by atoms with E-state index >= 15 is 0 Å². The van der Waals surface area contributed by atoms with Gasteiger partial charge in [-0.3, -0.25) is 4.79 Å². The second-order valence-corrected chi connectivity index (χ2v) is 6.16. The Morgan fingerprint density at radius 3 is 3.00 bits per heavy atom. The quantitative estimate of drug-likeness (QED) is 0.708. The van der Waals surface area contributed by atoms with E-state index in [2.05, 4.69) is 15.6 Å². The van der Waals surface area contributed by atoms with E-state index in [0.29, 0.717) is 25.4 Å². The lowest BCUT2D eigenvalue weighted by Crippen LogP contribution is -2.35. The summed E-state index contributed by atoms with van der Waals surface area (Å²) in [7, 11) is 0. The number of thiazole rings is 1. The molecule has 3 N–H and O–H groups in total. The zero-order valence-corrected chi connectivity index (χ0v) is 12.7. The molecule has 1 unspecified atom stereocenters. The summed E-state index contributed by atoms with van der Waals surface area (Å²) >= 11 is 1.31. The standard InChI is InChI=1S/C14H21N3O3S/c18-12(5-4-10-3-1-2-7-15-10)16-8-6-13-17-11(9-21-13)14(19)20/h9-10,15H,1-8H2,(H,16,18)(H,19,20). The predicted octanol–water partition coefficient (Wildman–Crippen LogP) is 1.42. The highest BCUT2D eigenvalue weighted by atomic mass is 32.1. The molecule has 1 fully saturated rings. The number of aromatic carboxylic acids is 1. The van der Waals surface area contributed by atoms with Gasteiger partial charge < -0.3 is 15.7 Å². The number of rotatable bonds is 7. The van der Waals surface area contributed by atoms with Crippen LogP contribution in [-0.4, -0.2) is 41.1 Å². The van der Waals surface area contributed by atoms with Gasteiger partial charge in [0, 0.05) is 30.8 Å². The predicted molar refractivity (Wildman–Crippen MR) is 80.7 cm³/mol. The van der Waals surface area contributed by atoms with Crippen molar-refractivity contribution in [2.75, 3.05) is 13.1 Å². The van der Waals surface area contributed by atoms with Crippen molar-refractivity contribution in [3.8, 4) is 0 Å². The molecule has 0 aromatic carbocycles. The van der Waals surface area contributed by atoms with Gasteiger partial charge in [0.05, 0.1) is 5.01 Å². The fourth-order valence-electron chi connectivity index (χ4n) is 2.40. The number of carbonyl (C=O) groups is 2. The molecule has 2 rings (SSSR count). The van der Waals surface area contributed by atoms with Gasteiger partial charge in [0.2, 0.25) is 5.91 Å². The van der Waals surface area contributed by atoms with Crippen LogP contribution in [0.1, 0.15) is 47.6 Å². The van der Waals surface area contributed by atoms with Gasteiger partial charge >= 0.3 is 5.97 Å². The Balaban J connectivity index is 1.61. The molecule has 0 saturated carbocycles. The number of carbonyl (C=O) groups excluding carboxylic acids is 1. The summed E-state index contributed by atoms with van der Waals surface area (Å²) in [4.78, 5) is 26.4. The first kappa shape index (κ1) is 15.9. The molecule has 0 radical (unpaired) electrons. The van der Waals surface area contributed by atoms with E-state index in [1.54, 1.807) is 0 Å². The first-order chi connectivity index (χ1) is 10.1. The third-order valence-corrected chi connectivity index (χ3v) is 4.47. The SMILES string of the molecule is O=C(CCC1CCCCN1)NCCc1nc(C(=O)O)cs1. The Morgan fingerprint density at radius 2 is 2.33 bits per heavy atom. The third kappa shape index (κ3) is 5.43. The van der Waals surface area contributed by atoms with Crippen molar-refractivity contribution in [2.24, 2.45) is 0 Å². The Morgan fingerprint density at radius 1 is 1.48 bits per heavy atom. The minimum absolute atomic E-state index is 0.0531. The molecule has 6 nitrogen and oxygen atoms in total. The van der Waals surface area contributed by atoms with Crippen LogP contribution < -0.4 is 10.6 Å². The van der Waals surface area contributed by atoms with Crippen LogP contribution >= 0.6 is 11.3 Å². The van der Waals surface area contributed by atoms with Crippen molar-refractivity contribution >= 4 is 23.2 Å². The molecule has 1 aliphatic heterocycles. The van der Waals surface area contributed by atoms with Gasteiger partial charge in [-0.2, -0.15) is 0 Å². The van der Waals surface area contributed by atoms with Crippen LogP contribution in [0.5, 0.6) is 0 Å². The number of aromatic nitrogens is 1. The van der Waals surface area contributed by atoms with Crippen molar-refractivity contribution in [1.82, 2.24) is 15.6 Å². The number of carboxylic acid groups (broad SMARTS) is 1. The average molecular weight is 311 g/mol. The van der Waals surface area contributed by atoms with Crippen LogP contribution in [0.4, 0.5) is 0 Å². The third-order valence-electron chi connectivity index (χ3n) is 3.56. The summed E-state index contributed by atoms with van der Waals surface area (Å²) in [6, 6.07) is 0.474. The van der Waals surface area contributed by atoms with Crippen LogP contribution in [0.25, 0.3) is 0 Å². The zero-order chi connectivity index (χ0) is 15.1. The topological polar surface area (TPSA) is 91.3 Å². The monoisotopic (exact) mass is 311 g/mol. The van der Waals surface area contributed by atoms with E-state index in [1.807, 2.05) is 0 Å². The van der Waals surface area contributed by atoms with E-state index in [-0.39, 0.29) is 11.6 Å². The summed E-state index contributed by atoms with van der Waals surface area (Å²) in [6.45, 7) is 1.56. The summed E-state index contributed by atoms with van der Waals surface area (Å²) in [5.41, 5.74) is 0.0738. The second-order valence-electron chi connectivity index (χ2n) is 5.22. The first-order valence-electron chi connectivity index (χ1n) is 7.33. The number of piperidine rings is 1. The Bertz CT molecular complexity index is 484. The van der Waals surface area contributed by atoms with Gasteiger partial charge in [0.15, 0.2) is 5.69 Å².